The van der Waals surface area contributed by atoms with Gasteiger partial charge in [0.25, 0.3) is 12.3 Å². The number of hydrogen-bond acceptors (Lipinski definition) is 1. The largest absolute Gasteiger partial charge is 0.292 e. The molecule has 1 aliphatic rings. The van der Waals surface area contributed by atoms with Crippen LogP contribution in [0.3, 0.4) is 0 Å². The van der Waals surface area contributed by atoms with Crippen molar-refractivity contribution >= 4 is 0 Å². The Labute approximate surface area is 102 Å². The van der Waals surface area contributed by atoms with E-state index in [9.17, 15) is 17.6 Å². The number of nitrogens with zero attached hydrogens (tertiary/aromatic N) is 2. The van der Waals surface area contributed by atoms with E-state index < -0.39 is 24.0 Å². The van der Waals surface area contributed by atoms with E-state index in [0.717, 1.165) is 4.68 Å². The normalized spacial score (nSPS) is 21.4. The van der Waals surface area contributed by atoms with Crippen LogP contribution in [0.25, 0.3) is 0 Å². The first-order valence-corrected chi connectivity index (χ1v) is 5.65. The first-order chi connectivity index (χ1) is 8.25. The van der Waals surface area contributed by atoms with Crippen LogP contribution in [0.15, 0.2) is 12.2 Å². The lowest BCUT2D eigenvalue weighted by atomic mass is 10.1. The van der Waals surface area contributed by atoms with E-state index in [1.165, 1.54) is 6.92 Å². The minimum absolute atomic E-state index is 0.00347. The first kappa shape index (κ1) is 13.1. The molecule has 0 fully saturated rings. The monoisotopic (exact) mass is 262 g/mol. The molecule has 0 spiro atoms. The lowest BCUT2D eigenvalue weighted by Crippen LogP contribution is -2.23. The van der Waals surface area contributed by atoms with Gasteiger partial charge >= 0.3 is 0 Å². The average molecular weight is 262 g/mol. The molecule has 1 aliphatic carbocycles. The molecule has 0 unspecified atom stereocenters. The lowest BCUT2D eigenvalue weighted by Gasteiger charge is -2.17. The molecule has 1 aromatic rings. The molecule has 100 valence electrons. The summed E-state index contributed by atoms with van der Waals surface area (Å²) in [6.45, 7) is 6.65. The summed E-state index contributed by atoms with van der Waals surface area (Å²) in [6, 6.07) is 0. The van der Waals surface area contributed by atoms with Crippen LogP contribution in [-0.4, -0.2) is 9.78 Å². The van der Waals surface area contributed by atoms with Crippen molar-refractivity contribution in [1.82, 2.24) is 9.78 Å². The highest BCUT2D eigenvalue weighted by Crippen LogP contribution is 2.48. The molecule has 0 aromatic carbocycles. The van der Waals surface area contributed by atoms with Gasteiger partial charge in [-0.25, -0.2) is 8.78 Å². The number of halogens is 4. The second kappa shape index (κ2) is 4.10. The summed E-state index contributed by atoms with van der Waals surface area (Å²) in [5, 5.41) is 3.63. The van der Waals surface area contributed by atoms with Crippen molar-refractivity contribution in [2.75, 3.05) is 0 Å². The Morgan fingerprint density at radius 3 is 2.67 bits per heavy atom. The van der Waals surface area contributed by atoms with Crippen LogP contribution < -0.4 is 0 Å². The minimum Gasteiger partial charge on any atom is -0.259 e. The predicted octanol–water partition coefficient (Wildman–Crippen LogP) is 3.68. The highest BCUT2D eigenvalue weighted by molar-refractivity contribution is 5.36. The predicted molar refractivity (Wildman–Crippen MR) is 58.8 cm³/mol. The fourth-order valence-corrected chi connectivity index (χ4v) is 2.31. The van der Waals surface area contributed by atoms with E-state index in [0.29, 0.717) is 5.57 Å². The van der Waals surface area contributed by atoms with Crippen LogP contribution in [-0.2, 0) is 18.9 Å². The number of fused-ring (bicyclic) bond motifs is 1. The molecule has 1 aromatic heterocycles. The Morgan fingerprint density at radius 2 is 2.17 bits per heavy atom. The molecule has 0 radical (unpaired) electrons. The molecule has 0 saturated heterocycles. The molecule has 0 N–H and O–H groups in total. The van der Waals surface area contributed by atoms with Gasteiger partial charge in [-0.15, -0.1) is 0 Å². The van der Waals surface area contributed by atoms with Crippen molar-refractivity contribution in [1.29, 1.82) is 0 Å². The molecule has 1 heterocycles. The highest BCUT2D eigenvalue weighted by atomic mass is 19.3. The van der Waals surface area contributed by atoms with Crippen molar-refractivity contribution in [2.45, 2.75) is 39.2 Å². The molecule has 0 bridgehead atoms. The Bertz CT molecular complexity index is 491. The van der Waals surface area contributed by atoms with E-state index in [1.54, 1.807) is 6.92 Å². The Morgan fingerprint density at radius 1 is 1.56 bits per heavy atom. The van der Waals surface area contributed by atoms with Gasteiger partial charge in [0.15, 0.2) is 0 Å². The number of hydrogen-bond donors (Lipinski definition) is 0. The fraction of sp³-hybridized carbons (Fsp3) is 0.583. The van der Waals surface area contributed by atoms with Gasteiger partial charge in [-0.3, -0.25) is 4.68 Å². The molecular weight excluding hydrogens is 248 g/mol. The third-order valence-electron chi connectivity index (χ3n) is 3.15. The second-order valence-corrected chi connectivity index (χ2v) is 4.86. The number of aromatic nitrogens is 2. The van der Waals surface area contributed by atoms with Gasteiger partial charge in [-0.05, 0) is 13.3 Å². The molecule has 2 rings (SSSR count). The summed E-state index contributed by atoms with van der Waals surface area (Å²) in [5.74, 6) is -4.08. The molecule has 6 heteroatoms. The van der Waals surface area contributed by atoms with Crippen LogP contribution in [0.5, 0.6) is 0 Å². The third-order valence-corrected chi connectivity index (χ3v) is 3.15. The molecule has 2 nitrogen and oxygen atoms in total. The number of rotatable bonds is 3. The summed E-state index contributed by atoms with van der Waals surface area (Å²) in [7, 11) is 0. The van der Waals surface area contributed by atoms with Crippen LogP contribution in [0.1, 0.15) is 37.2 Å². The van der Waals surface area contributed by atoms with Crippen LogP contribution in [0.4, 0.5) is 17.6 Å². The van der Waals surface area contributed by atoms with Gasteiger partial charge in [0.2, 0.25) is 0 Å². The Balaban J connectivity index is 2.58. The van der Waals surface area contributed by atoms with Crippen molar-refractivity contribution in [3.05, 3.63) is 29.1 Å². The van der Waals surface area contributed by atoms with E-state index >= 15 is 0 Å². The molecule has 18 heavy (non-hydrogen) atoms. The molecule has 0 aliphatic heterocycles. The van der Waals surface area contributed by atoms with Gasteiger partial charge in [0.1, 0.15) is 11.4 Å². The average Bonchev–Trinajstić information content (AvgIpc) is 2.65. The van der Waals surface area contributed by atoms with Crippen molar-refractivity contribution < 1.29 is 17.6 Å². The maximum atomic E-state index is 14.0. The maximum Gasteiger partial charge on any atom is 0.292 e. The molecule has 0 amide bonds. The molecule has 1 atom stereocenters. The van der Waals surface area contributed by atoms with Gasteiger partial charge < -0.3 is 0 Å². The van der Waals surface area contributed by atoms with E-state index in [2.05, 4.69) is 11.7 Å². The van der Waals surface area contributed by atoms with Crippen LogP contribution in [0, 0.1) is 5.92 Å². The summed E-state index contributed by atoms with van der Waals surface area (Å²) < 4.78 is 54.6. The highest BCUT2D eigenvalue weighted by Gasteiger charge is 2.51. The zero-order valence-corrected chi connectivity index (χ0v) is 10.2. The van der Waals surface area contributed by atoms with Gasteiger partial charge in [0, 0.05) is 11.5 Å². The summed E-state index contributed by atoms with van der Waals surface area (Å²) in [6.07, 6.45) is -2.88. The fourth-order valence-electron chi connectivity index (χ4n) is 2.31. The van der Waals surface area contributed by atoms with E-state index in [4.69, 9.17) is 0 Å². The van der Waals surface area contributed by atoms with Crippen molar-refractivity contribution in [3.8, 4) is 0 Å². The summed E-state index contributed by atoms with van der Waals surface area (Å²) in [4.78, 5) is 0. The SMILES string of the molecule is C=C(C)Cn1nc(C(F)F)c2c1C(F)(F)[C@@H](C)C2. The standard InChI is InChI=1S/C12H14F4N2/c1-6(2)5-18-10-8(9(17-18)11(13)14)4-7(3)12(10,15)16/h7,11H,1,4-5H2,2-3H3/t7-/m0/s1. The van der Waals surface area contributed by atoms with Gasteiger partial charge in [0.05, 0.1) is 6.54 Å². The zero-order valence-electron chi connectivity index (χ0n) is 10.2. The molecule has 0 saturated carbocycles. The number of allylic oxidation sites excluding steroid dienone is 1. The third kappa shape index (κ3) is 1.83. The van der Waals surface area contributed by atoms with Crippen molar-refractivity contribution in [2.24, 2.45) is 5.92 Å². The summed E-state index contributed by atoms with van der Waals surface area (Å²) >= 11 is 0. The topological polar surface area (TPSA) is 17.8 Å². The van der Waals surface area contributed by atoms with Crippen LogP contribution in [0.2, 0.25) is 0 Å². The van der Waals surface area contributed by atoms with E-state index in [1.807, 2.05) is 0 Å². The lowest BCUT2D eigenvalue weighted by molar-refractivity contribution is -0.0528. The Kier molecular flexibility index (Phi) is 2.99. The zero-order chi connectivity index (χ0) is 13.7. The maximum absolute atomic E-state index is 14.0. The van der Waals surface area contributed by atoms with E-state index in [-0.39, 0.29) is 24.2 Å². The summed E-state index contributed by atoms with van der Waals surface area (Å²) in [5.41, 5.74) is -0.288. The number of alkyl halides is 4. The van der Waals surface area contributed by atoms with Crippen molar-refractivity contribution in [3.63, 3.8) is 0 Å². The van der Waals surface area contributed by atoms with Gasteiger partial charge in [-0.1, -0.05) is 19.1 Å². The van der Waals surface area contributed by atoms with Gasteiger partial charge in [-0.2, -0.15) is 13.9 Å². The molecular formula is C12H14F4N2. The Hall–Kier alpha value is -1.33. The smallest absolute Gasteiger partial charge is 0.259 e. The quantitative estimate of drug-likeness (QED) is 0.600. The first-order valence-electron chi connectivity index (χ1n) is 5.65. The van der Waals surface area contributed by atoms with Crippen LogP contribution >= 0.6 is 0 Å². The second-order valence-electron chi connectivity index (χ2n) is 4.86. The minimum atomic E-state index is -3.11.